The standard InChI is InChI=1S/C23H24N2O3/c1-3-15-7-9-17(10-8-15)20(26)14-25-21(27)23(2,24-22(25)28)19-12-11-16-5-4-6-18(16)13-19/h7-13H,3-6,14H2,1-2H3,(H,24,28). The molecule has 0 radical (unpaired) electrons. The number of urea groups is 1. The van der Waals surface area contributed by atoms with Gasteiger partial charge in [-0.25, -0.2) is 4.79 Å². The summed E-state index contributed by atoms with van der Waals surface area (Å²) in [6.45, 7) is 3.50. The van der Waals surface area contributed by atoms with E-state index in [2.05, 4.69) is 5.32 Å². The minimum Gasteiger partial charge on any atom is -0.319 e. The predicted octanol–water partition coefficient (Wildman–Crippen LogP) is 3.39. The molecule has 0 spiro atoms. The molecule has 1 N–H and O–H groups in total. The number of nitrogens with one attached hydrogen (secondary N) is 1. The quantitative estimate of drug-likeness (QED) is 0.643. The smallest absolute Gasteiger partial charge is 0.319 e. The molecule has 0 aromatic heterocycles. The molecule has 0 saturated carbocycles. The number of rotatable bonds is 5. The highest BCUT2D eigenvalue weighted by molar-refractivity contribution is 6.11. The second kappa shape index (κ2) is 6.89. The maximum atomic E-state index is 13.1. The van der Waals surface area contributed by atoms with Crippen LogP contribution < -0.4 is 5.32 Å². The van der Waals surface area contributed by atoms with Gasteiger partial charge in [-0.2, -0.15) is 0 Å². The molecule has 2 aliphatic rings. The number of carbonyl (C=O) groups excluding carboxylic acids is 3. The number of fused-ring (bicyclic) bond motifs is 1. The van der Waals surface area contributed by atoms with Crippen LogP contribution in [0.2, 0.25) is 0 Å². The molecular formula is C23H24N2O3. The third-order valence-electron chi connectivity index (χ3n) is 5.94. The van der Waals surface area contributed by atoms with Crippen LogP contribution in [0.4, 0.5) is 4.79 Å². The van der Waals surface area contributed by atoms with Crippen molar-refractivity contribution in [2.75, 3.05) is 6.54 Å². The van der Waals surface area contributed by atoms with Gasteiger partial charge < -0.3 is 5.32 Å². The normalized spacial score (nSPS) is 21.0. The van der Waals surface area contributed by atoms with E-state index in [0.29, 0.717) is 5.56 Å². The SMILES string of the molecule is CCc1ccc(C(=O)CN2C(=O)NC(C)(c3ccc4c(c3)CCC4)C2=O)cc1. The van der Waals surface area contributed by atoms with Crippen molar-refractivity contribution in [2.45, 2.75) is 45.1 Å². The molecule has 3 amide bonds. The minimum atomic E-state index is -1.14. The first-order chi connectivity index (χ1) is 13.4. The lowest BCUT2D eigenvalue weighted by atomic mass is 9.89. The second-order valence-corrected chi connectivity index (χ2v) is 7.76. The number of imide groups is 1. The summed E-state index contributed by atoms with van der Waals surface area (Å²) in [5.41, 5.74) is 3.83. The van der Waals surface area contributed by atoms with Crippen molar-refractivity contribution < 1.29 is 14.4 Å². The number of benzene rings is 2. The third kappa shape index (κ3) is 3.01. The molecule has 1 aliphatic carbocycles. The Hall–Kier alpha value is -2.95. The van der Waals surface area contributed by atoms with Gasteiger partial charge in [0.1, 0.15) is 5.54 Å². The van der Waals surface area contributed by atoms with Crippen LogP contribution in [-0.4, -0.2) is 29.2 Å². The van der Waals surface area contributed by atoms with Gasteiger partial charge in [0, 0.05) is 5.56 Å². The zero-order valence-electron chi connectivity index (χ0n) is 16.2. The van der Waals surface area contributed by atoms with Gasteiger partial charge in [-0.05, 0) is 54.9 Å². The molecule has 0 bridgehead atoms. The number of nitrogens with zero attached hydrogens (tertiary/aromatic N) is 1. The Bertz CT molecular complexity index is 964. The summed E-state index contributed by atoms with van der Waals surface area (Å²) in [6.07, 6.45) is 4.06. The molecule has 28 heavy (non-hydrogen) atoms. The lowest BCUT2D eigenvalue weighted by molar-refractivity contribution is -0.130. The fourth-order valence-electron chi connectivity index (χ4n) is 4.08. The van der Waals surface area contributed by atoms with Crippen LogP contribution in [0.15, 0.2) is 42.5 Å². The number of amides is 3. The molecule has 1 fully saturated rings. The van der Waals surface area contributed by atoms with Gasteiger partial charge in [0.05, 0.1) is 6.54 Å². The van der Waals surface area contributed by atoms with Crippen molar-refractivity contribution in [3.63, 3.8) is 0 Å². The minimum absolute atomic E-state index is 0.246. The molecule has 1 atom stereocenters. The van der Waals surface area contributed by atoms with Crippen molar-refractivity contribution in [3.05, 3.63) is 70.3 Å². The summed E-state index contributed by atoms with van der Waals surface area (Å²) >= 11 is 0. The van der Waals surface area contributed by atoms with Crippen molar-refractivity contribution >= 4 is 17.7 Å². The topological polar surface area (TPSA) is 66.5 Å². The Morgan fingerprint density at radius 1 is 1.07 bits per heavy atom. The summed E-state index contributed by atoms with van der Waals surface area (Å²) in [6, 6.07) is 12.8. The van der Waals surface area contributed by atoms with E-state index in [1.54, 1.807) is 19.1 Å². The monoisotopic (exact) mass is 376 g/mol. The van der Waals surface area contributed by atoms with Crippen LogP contribution in [0.3, 0.4) is 0 Å². The molecule has 1 saturated heterocycles. The fourth-order valence-corrected chi connectivity index (χ4v) is 4.08. The van der Waals surface area contributed by atoms with Crippen molar-refractivity contribution in [3.8, 4) is 0 Å². The van der Waals surface area contributed by atoms with Gasteiger partial charge in [-0.3, -0.25) is 14.5 Å². The highest BCUT2D eigenvalue weighted by Crippen LogP contribution is 2.32. The number of Topliss-reactive ketones (excluding diaryl/α,β-unsaturated/α-hetero) is 1. The first-order valence-corrected chi connectivity index (χ1v) is 9.81. The van der Waals surface area contributed by atoms with E-state index >= 15 is 0 Å². The van der Waals surface area contributed by atoms with E-state index in [0.717, 1.165) is 41.7 Å². The molecule has 1 heterocycles. The molecule has 1 unspecified atom stereocenters. The summed E-state index contributed by atoms with van der Waals surface area (Å²) in [5, 5.41) is 2.80. The van der Waals surface area contributed by atoms with E-state index in [-0.39, 0.29) is 18.2 Å². The van der Waals surface area contributed by atoms with Crippen LogP contribution in [0.5, 0.6) is 0 Å². The number of hydrogen-bond donors (Lipinski definition) is 1. The second-order valence-electron chi connectivity index (χ2n) is 7.76. The van der Waals surface area contributed by atoms with E-state index in [1.807, 2.05) is 37.3 Å². The van der Waals surface area contributed by atoms with Gasteiger partial charge in [0.15, 0.2) is 5.78 Å². The molecule has 5 heteroatoms. The van der Waals surface area contributed by atoms with Crippen LogP contribution in [0.25, 0.3) is 0 Å². The van der Waals surface area contributed by atoms with Crippen molar-refractivity contribution in [2.24, 2.45) is 0 Å². The first-order valence-electron chi connectivity index (χ1n) is 9.81. The Labute approximate surface area is 164 Å². The molecule has 5 nitrogen and oxygen atoms in total. The Morgan fingerprint density at radius 3 is 2.50 bits per heavy atom. The van der Waals surface area contributed by atoms with Crippen LogP contribution in [-0.2, 0) is 29.6 Å². The molecule has 2 aromatic rings. The summed E-state index contributed by atoms with van der Waals surface area (Å²) < 4.78 is 0. The molecule has 4 rings (SSSR count). The summed E-state index contributed by atoms with van der Waals surface area (Å²) in [5.74, 6) is -0.627. The molecule has 1 aliphatic heterocycles. The van der Waals surface area contributed by atoms with E-state index in [4.69, 9.17) is 0 Å². The number of aryl methyl sites for hydroxylation is 3. The maximum Gasteiger partial charge on any atom is 0.325 e. The van der Waals surface area contributed by atoms with Crippen LogP contribution in [0, 0.1) is 0 Å². The molecular weight excluding hydrogens is 352 g/mol. The van der Waals surface area contributed by atoms with Gasteiger partial charge in [-0.15, -0.1) is 0 Å². The van der Waals surface area contributed by atoms with Crippen LogP contribution in [0.1, 0.15) is 52.9 Å². The molecule has 2 aromatic carbocycles. The van der Waals surface area contributed by atoms with Crippen LogP contribution >= 0.6 is 0 Å². The number of carbonyl (C=O) groups is 3. The third-order valence-corrected chi connectivity index (χ3v) is 5.94. The Balaban J connectivity index is 1.55. The van der Waals surface area contributed by atoms with E-state index < -0.39 is 11.6 Å². The molecule has 144 valence electrons. The summed E-state index contributed by atoms with van der Waals surface area (Å²) in [7, 11) is 0. The highest BCUT2D eigenvalue weighted by atomic mass is 16.2. The lowest BCUT2D eigenvalue weighted by Crippen LogP contribution is -2.41. The van der Waals surface area contributed by atoms with Gasteiger partial charge >= 0.3 is 6.03 Å². The lowest BCUT2D eigenvalue weighted by Gasteiger charge is -2.23. The van der Waals surface area contributed by atoms with E-state index in [9.17, 15) is 14.4 Å². The maximum absolute atomic E-state index is 13.1. The van der Waals surface area contributed by atoms with Crippen molar-refractivity contribution in [1.82, 2.24) is 10.2 Å². The highest BCUT2D eigenvalue weighted by Gasteiger charge is 2.49. The first kappa shape index (κ1) is 18.4. The zero-order valence-corrected chi connectivity index (χ0v) is 16.2. The van der Waals surface area contributed by atoms with Gasteiger partial charge in [-0.1, -0.05) is 49.4 Å². The fraction of sp³-hybridized carbons (Fsp3) is 0.348. The van der Waals surface area contributed by atoms with Gasteiger partial charge in [0.25, 0.3) is 5.91 Å². The Morgan fingerprint density at radius 2 is 1.79 bits per heavy atom. The number of ketones is 1. The number of hydrogen-bond acceptors (Lipinski definition) is 3. The average molecular weight is 376 g/mol. The van der Waals surface area contributed by atoms with Gasteiger partial charge in [0.2, 0.25) is 0 Å². The largest absolute Gasteiger partial charge is 0.325 e. The predicted molar refractivity (Wildman–Crippen MR) is 106 cm³/mol. The average Bonchev–Trinajstić information content (AvgIpc) is 3.26. The van der Waals surface area contributed by atoms with E-state index in [1.165, 1.54) is 11.1 Å². The van der Waals surface area contributed by atoms with Crippen molar-refractivity contribution in [1.29, 1.82) is 0 Å². The zero-order chi connectivity index (χ0) is 19.9. The Kier molecular flexibility index (Phi) is 4.53. The summed E-state index contributed by atoms with van der Waals surface area (Å²) in [4.78, 5) is 39.3.